The highest BCUT2D eigenvalue weighted by Crippen LogP contribution is 2.21. The molecule has 0 saturated heterocycles. The normalized spacial score (nSPS) is 10.7. The molecule has 7 heteroatoms. The van der Waals surface area contributed by atoms with Gasteiger partial charge in [0.15, 0.2) is 11.7 Å². The lowest BCUT2D eigenvalue weighted by molar-refractivity contribution is -0.116. The number of nitrogens with zero attached hydrogens (tertiary/aromatic N) is 1. The molecule has 0 atom stereocenters. The monoisotopic (exact) mass is 346 g/mol. The lowest BCUT2D eigenvalue weighted by atomic mass is 10.2. The van der Waals surface area contributed by atoms with Gasteiger partial charge < -0.3 is 9.73 Å². The number of carbonyl (C=O) groups is 1. The number of benzene rings is 2. The van der Waals surface area contributed by atoms with E-state index < -0.39 is 17.5 Å². The number of rotatable bonds is 5. The summed E-state index contributed by atoms with van der Waals surface area (Å²) in [5.74, 6) is -1.53. The summed E-state index contributed by atoms with van der Waals surface area (Å²) in [6, 6.07) is 8.51. The largest absolute Gasteiger partial charge is 0.441 e. The lowest BCUT2D eigenvalue weighted by Crippen LogP contribution is -2.12. The van der Waals surface area contributed by atoms with Crippen LogP contribution in [-0.2, 0) is 11.2 Å². The first kappa shape index (κ1) is 16.8. The molecule has 0 fully saturated rings. The van der Waals surface area contributed by atoms with Crippen molar-refractivity contribution in [3.63, 3.8) is 0 Å². The maximum absolute atomic E-state index is 13.1. The first-order valence-corrected chi connectivity index (χ1v) is 7.46. The molecule has 0 aliphatic carbocycles. The van der Waals surface area contributed by atoms with Gasteiger partial charge in [-0.1, -0.05) is 0 Å². The Morgan fingerprint density at radius 1 is 1.00 bits per heavy atom. The maximum atomic E-state index is 13.1. The average molecular weight is 346 g/mol. The second kappa shape index (κ2) is 7.21. The molecule has 128 valence electrons. The molecule has 3 aromatic rings. The Bertz CT molecular complexity index is 871. The number of aromatic nitrogens is 1. The van der Waals surface area contributed by atoms with Crippen LogP contribution in [0.5, 0.6) is 0 Å². The highest BCUT2D eigenvalue weighted by atomic mass is 19.1. The van der Waals surface area contributed by atoms with E-state index in [0.29, 0.717) is 17.2 Å². The van der Waals surface area contributed by atoms with Crippen LogP contribution in [0.3, 0.4) is 0 Å². The summed E-state index contributed by atoms with van der Waals surface area (Å²) in [7, 11) is 0. The highest BCUT2D eigenvalue weighted by molar-refractivity contribution is 5.90. The zero-order valence-electron chi connectivity index (χ0n) is 12.9. The van der Waals surface area contributed by atoms with Crippen LogP contribution in [-0.4, -0.2) is 10.9 Å². The smallest absolute Gasteiger partial charge is 0.224 e. The molecule has 0 unspecified atom stereocenters. The molecule has 0 radical (unpaired) electrons. The van der Waals surface area contributed by atoms with Crippen molar-refractivity contribution in [2.75, 3.05) is 5.32 Å². The summed E-state index contributed by atoms with van der Waals surface area (Å²) in [6.07, 6.45) is 1.73. The van der Waals surface area contributed by atoms with Crippen LogP contribution in [0, 0.1) is 17.5 Å². The predicted molar refractivity (Wildman–Crippen MR) is 85.2 cm³/mol. The summed E-state index contributed by atoms with van der Waals surface area (Å²) in [5, 5.41) is 2.41. The molecule has 0 saturated carbocycles. The Kier molecular flexibility index (Phi) is 4.83. The van der Waals surface area contributed by atoms with Gasteiger partial charge in [-0.25, -0.2) is 18.2 Å². The van der Waals surface area contributed by atoms with Gasteiger partial charge >= 0.3 is 0 Å². The van der Waals surface area contributed by atoms with Crippen LogP contribution in [0.25, 0.3) is 11.3 Å². The quantitative estimate of drug-likeness (QED) is 0.748. The van der Waals surface area contributed by atoms with Crippen molar-refractivity contribution in [1.82, 2.24) is 4.98 Å². The molecule has 25 heavy (non-hydrogen) atoms. The van der Waals surface area contributed by atoms with Crippen LogP contribution in [0.2, 0.25) is 0 Å². The highest BCUT2D eigenvalue weighted by Gasteiger charge is 2.10. The zero-order chi connectivity index (χ0) is 17.8. The second-order valence-corrected chi connectivity index (χ2v) is 5.33. The van der Waals surface area contributed by atoms with Gasteiger partial charge in [0.05, 0.1) is 6.20 Å². The molecule has 2 aromatic carbocycles. The number of hydrogen-bond acceptors (Lipinski definition) is 3. The summed E-state index contributed by atoms with van der Waals surface area (Å²) in [6.45, 7) is 0. The van der Waals surface area contributed by atoms with Gasteiger partial charge in [-0.3, -0.25) is 4.79 Å². The Morgan fingerprint density at radius 2 is 1.68 bits per heavy atom. The Morgan fingerprint density at radius 3 is 2.36 bits per heavy atom. The molecule has 3 rings (SSSR count). The first-order valence-electron chi connectivity index (χ1n) is 7.46. The van der Waals surface area contributed by atoms with Crippen molar-refractivity contribution >= 4 is 11.6 Å². The number of hydrogen-bond donors (Lipinski definition) is 1. The van der Waals surface area contributed by atoms with E-state index in [-0.39, 0.29) is 24.3 Å². The molecular formula is C18H13F3N2O2. The number of aryl methyl sites for hydroxylation is 1. The van der Waals surface area contributed by atoms with Crippen molar-refractivity contribution in [1.29, 1.82) is 0 Å². The standard InChI is InChI=1S/C18H13F3N2O2/c19-12-3-1-11(2-4-12)16-10-22-18(25-16)6-5-17(24)23-15-8-13(20)7-14(21)9-15/h1-4,7-10H,5-6H2,(H,23,24). The molecule has 0 spiro atoms. The molecule has 1 aromatic heterocycles. The van der Waals surface area contributed by atoms with Crippen LogP contribution in [0.15, 0.2) is 53.1 Å². The average Bonchev–Trinajstić information content (AvgIpc) is 3.01. The molecule has 0 aliphatic heterocycles. The maximum Gasteiger partial charge on any atom is 0.224 e. The van der Waals surface area contributed by atoms with E-state index in [4.69, 9.17) is 4.42 Å². The van der Waals surface area contributed by atoms with E-state index in [1.807, 2.05) is 0 Å². The van der Waals surface area contributed by atoms with Crippen molar-refractivity contribution < 1.29 is 22.4 Å². The molecular weight excluding hydrogens is 333 g/mol. The topological polar surface area (TPSA) is 55.1 Å². The third-order valence-electron chi connectivity index (χ3n) is 3.39. The van der Waals surface area contributed by atoms with Crippen LogP contribution in [0.1, 0.15) is 12.3 Å². The minimum absolute atomic E-state index is 0.0293. The Balaban J connectivity index is 1.58. The summed E-state index contributed by atoms with van der Waals surface area (Å²) in [4.78, 5) is 15.9. The van der Waals surface area contributed by atoms with Gasteiger partial charge in [0.25, 0.3) is 0 Å². The minimum Gasteiger partial charge on any atom is -0.441 e. The Labute approximate surface area is 141 Å². The SMILES string of the molecule is O=C(CCc1ncc(-c2ccc(F)cc2)o1)Nc1cc(F)cc(F)c1. The number of nitrogens with one attached hydrogen (secondary N) is 1. The minimum atomic E-state index is -0.771. The van der Waals surface area contributed by atoms with Crippen molar-refractivity contribution in [2.24, 2.45) is 0 Å². The fourth-order valence-corrected chi connectivity index (χ4v) is 2.24. The zero-order valence-corrected chi connectivity index (χ0v) is 12.9. The van der Waals surface area contributed by atoms with Crippen molar-refractivity contribution in [3.05, 3.63) is 72.0 Å². The molecule has 1 heterocycles. The van der Waals surface area contributed by atoms with Crippen molar-refractivity contribution in [2.45, 2.75) is 12.8 Å². The van der Waals surface area contributed by atoms with E-state index in [1.165, 1.54) is 18.3 Å². The predicted octanol–water partition coefficient (Wildman–Crippen LogP) is 4.33. The van der Waals surface area contributed by atoms with Crippen LogP contribution in [0.4, 0.5) is 18.9 Å². The fourth-order valence-electron chi connectivity index (χ4n) is 2.24. The lowest BCUT2D eigenvalue weighted by Gasteiger charge is -2.04. The molecule has 1 amide bonds. The van der Waals surface area contributed by atoms with Gasteiger partial charge in [-0.2, -0.15) is 0 Å². The van der Waals surface area contributed by atoms with Gasteiger partial charge in [-0.15, -0.1) is 0 Å². The van der Waals surface area contributed by atoms with Gasteiger partial charge in [0.1, 0.15) is 17.5 Å². The third-order valence-corrected chi connectivity index (χ3v) is 3.39. The molecule has 0 aliphatic rings. The summed E-state index contributed by atoms with van der Waals surface area (Å²) < 4.78 is 44.6. The van der Waals surface area contributed by atoms with Crippen LogP contribution >= 0.6 is 0 Å². The fraction of sp³-hybridized carbons (Fsp3) is 0.111. The van der Waals surface area contributed by atoms with Gasteiger partial charge in [0, 0.05) is 30.2 Å². The summed E-state index contributed by atoms with van der Waals surface area (Å²) >= 11 is 0. The van der Waals surface area contributed by atoms with Crippen molar-refractivity contribution in [3.8, 4) is 11.3 Å². The Hall–Kier alpha value is -3.09. The first-order chi connectivity index (χ1) is 12.0. The molecule has 0 bridgehead atoms. The van der Waals surface area contributed by atoms with E-state index in [9.17, 15) is 18.0 Å². The van der Waals surface area contributed by atoms with Crippen LogP contribution < -0.4 is 5.32 Å². The number of carbonyl (C=O) groups excluding carboxylic acids is 1. The van der Waals surface area contributed by atoms with Gasteiger partial charge in [0.2, 0.25) is 5.91 Å². The number of amides is 1. The van der Waals surface area contributed by atoms with E-state index in [0.717, 1.165) is 18.2 Å². The second-order valence-electron chi connectivity index (χ2n) is 5.33. The van der Waals surface area contributed by atoms with Gasteiger partial charge in [-0.05, 0) is 36.4 Å². The van der Waals surface area contributed by atoms with E-state index in [2.05, 4.69) is 10.3 Å². The summed E-state index contributed by atoms with van der Waals surface area (Å²) in [5.41, 5.74) is 0.710. The number of oxazole rings is 1. The third kappa shape index (κ3) is 4.47. The molecule has 4 nitrogen and oxygen atoms in total. The number of anilines is 1. The molecule has 1 N–H and O–H groups in total. The van der Waals surface area contributed by atoms with E-state index >= 15 is 0 Å². The van der Waals surface area contributed by atoms with E-state index in [1.54, 1.807) is 12.1 Å². The number of halogens is 3.